The second kappa shape index (κ2) is 3.91. The number of hydrogen-bond donors (Lipinski definition) is 1. The fourth-order valence-electron chi connectivity index (χ4n) is 2.71. The van der Waals surface area contributed by atoms with Crippen LogP contribution in [0.15, 0.2) is 30.6 Å². The van der Waals surface area contributed by atoms with Gasteiger partial charge >= 0.3 is 0 Å². The van der Waals surface area contributed by atoms with Gasteiger partial charge in [-0.1, -0.05) is 12.1 Å². The van der Waals surface area contributed by atoms with Crippen LogP contribution in [0.4, 0.5) is 0 Å². The van der Waals surface area contributed by atoms with Crippen LogP contribution in [0.3, 0.4) is 0 Å². The monoisotopic (exact) mass is 215 g/mol. The van der Waals surface area contributed by atoms with E-state index in [9.17, 15) is 0 Å². The number of nitrogens with two attached hydrogens (primary N) is 1. The Labute approximate surface area is 95.3 Å². The molecular weight excluding hydrogens is 198 g/mol. The smallest absolute Gasteiger partial charge is 0.0958 e. The van der Waals surface area contributed by atoms with Gasteiger partial charge in [0.05, 0.1) is 17.4 Å². The fourth-order valence-corrected chi connectivity index (χ4v) is 2.71. The lowest BCUT2D eigenvalue weighted by Gasteiger charge is -2.11. The molecule has 0 amide bonds. The van der Waals surface area contributed by atoms with E-state index in [1.54, 1.807) is 0 Å². The molecular formula is C13H17N3. The third kappa shape index (κ3) is 1.71. The molecule has 16 heavy (non-hydrogen) atoms. The van der Waals surface area contributed by atoms with Crippen molar-refractivity contribution in [1.82, 2.24) is 9.55 Å². The van der Waals surface area contributed by atoms with E-state index in [-0.39, 0.29) is 0 Å². The molecule has 0 radical (unpaired) electrons. The van der Waals surface area contributed by atoms with Gasteiger partial charge in [0.25, 0.3) is 0 Å². The van der Waals surface area contributed by atoms with Gasteiger partial charge in [-0.05, 0) is 37.3 Å². The van der Waals surface area contributed by atoms with Crippen LogP contribution in [0.25, 0.3) is 11.0 Å². The Morgan fingerprint density at radius 1 is 1.31 bits per heavy atom. The highest BCUT2D eigenvalue weighted by Crippen LogP contribution is 2.26. The maximum Gasteiger partial charge on any atom is 0.0958 e. The maximum atomic E-state index is 5.94. The van der Waals surface area contributed by atoms with Gasteiger partial charge < -0.3 is 10.3 Å². The van der Waals surface area contributed by atoms with Gasteiger partial charge in [-0.25, -0.2) is 4.98 Å². The van der Waals surface area contributed by atoms with E-state index >= 15 is 0 Å². The Hall–Kier alpha value is -1.35. The first-order valence-electron chi connectivity index (χ1n) is 5.98. The number of rotatable bonds is 2. The average molecular weight is 215 g/mol. The van der Waals surface area contributed by atoms with E-state index in [0.29, 0.717) is 6.04 Å². The zero-order valence-corrected chi connectivity index (χ0v) is 9.34. The maximum absolute atomic E-state index is 5.94. The number of fused-ring (bicyclic) bond motifs is 1. The van der Waals surface area contributed by atoms with Crippen LogP contribution in [-0.2, 0) is 6.54 Å². The summed E-state index contributed by atoms with van der Waals surface area (Å²) in [6.45, 7) is 1.06. The number of hydrogen-bond acceptors (Lipinski definition) is 2. The number of imidazole rings is 1. The summed E-state index contributed by atoms with van der Waals surface area (Å²) >= 11 is 0. The minimum Gasteiger partial charge on any atom is -0.330 e. The first kappa shape index (κ1) is 9.85. The lowest BCUT2D eigenvalue weighted by Crippen LogP contribution is -2.16. The molecule has 0 saturated heterocycles. The van der Waals surface area contributed by atoms with Crippen LogP contribution in [0.2, 0.25) is 0 Å². The van der Waals surface area contributed by atoms with Crippen molar-refractivity contribution in [3.63, 3.8) is 0 Å². The molecule has 1 heterocycles. The second-order valence-electron chi connectivity index (χ2n) is 4.82. The molecule has 1 fully saturated rings. The molecule has 84 valence electrons. The molecule has 1 saturated carbocycles. The Balaban J connectivity index is 1.84. The molecule has 0 aliphatic heterocycles. The first-order chi connectivity index (χ1) is 7.83. The molecule has 0 bridgehead atoms. The highest BCUT2D eigenvalue weighted by atomic mass is 15.0. The molecule has 3 rings (SSSR count). The number of nitrogens with zero attached hydrogens (tertiary/aromatic N) is 2. The minimum absolute atomic E-state index is 0.416. The van der Waals surface area contributed by atoms with Gasteiger partial charge in [0.2, 0.25) is 0 Å². The lowest BCUT2D eigenvalue weighted by atomic mass is 10.1. The van der Waals surface area contributed by atoms with Crippen molar-refractivity contribution in [3.05, 3.63) is 30.6 Å². The molecule has 1 aromatic carbocycles. The summed E-state index contributed by atoms with van der Waals surface area (Å²) in [5.41, 5.74) is 8.27. The Morgan fingerprint density at radius 2 is 2.19 bits per heavy atom. The number of benzene rings is 1. The quantitative estimate of drug-likeness (QED) is 0.834. The van der Waals surface area contributed by atoms with Crippen molar-refractivity contribution in [2.75, 3.05) is 0 Å². The molecule has 0 unspecified atom stereocenters. The van der Waals surface area contributed by atoms with Crippen LogP contribution in [-0.4, -0.2) is 15.6 Å². The molecule has 3 nitrogen and oxygen atoms in total. The standard InChI is InChI=1S/C13H17N3/c14-11-6-5-10(7-11)8-16-9-15-12-3-1-2-4-13(12)16/h1-4,9-11H,5-8,14H2/t10-,11+/m0/s1. The predicted octanol–water partition coefficient (Wildman–Crippen LogP) is 2.16. The summed E-state index contributed by atoms with van der Waals surface area (Å²) in [4.78, 5) is 4.41. The molecule has 0 spiro atoms. The highest BCUT2D eigenvalue weighted by molar-refractivity contribution is 5.74. The van der Waals surface area contributed by atoms with Gasteiger partial charge in [-0.3, -0.25) is 0 Å². The van der Waals surface area contributed by atoms with E-state index < -0.39 is 0 Å². The zero-order chi connectivity index (χ0) is 11.0. The van der Waals surface area contributed by atoms with Crippen molar-refractivity contribution in [2.45, 2.75) is 31.8 Å². The highest BCUT2D eigenvalue weighted by Gasteiger charge is 2.22. The summed E-state index contributed by atoms with van der Waals surface area (Å²) in [7, 11) is 0. The van der Waals surface area contributed by atoms with Crippen molar-refractivity contribution in [2.24, 2.45) is 11.7 Å². The van der Waals surface area contributed by atoms with Crippen LogP contribution >= 0.6 is 0 Å². The summed E-state index contributed by atoms with van der Waals surface area (Å²) < 4.78 is 2.26. The third-order valence-corrected chi connectivity index (χ3v) is 3.56. The van der Waals surface area contributed by atoms with Crippen LogP contribution in [0.1, 0.15) is 19.3 Å². The fraction of sp³-hybridized carbons (Fsp3) is 0.462. The summed E-state index contributed by atoms with van der Waals surface area (Å²) in [5, 5.41) is 0. The Bertz CT molecular complexity index is 489. The third-order valence-electron chi connectivity index (χ3n) is 3.56. The van der Waals surface area contributed by atoms with E-state index in [4.69, 9.17) is 5.73 Å². The molecule has 2 atom stereocenters. The summed E-state index contributed by atoms with van der Waals surface area (Å²) in [6.07, 6.45) is 5.55. The summed E-state index contributed by atoms with van der Waals surface area (Å²) in [5.74, 6) is 0.729. The molecule has 1 aliphatic rings. The largest absolute Gasteiger partial charge is 0.330 e. The van der Waals surface area contributed by atoms with Gasteiger partial charge in [-0.2, -0.15) is 0 Å². The second-order valence-corrected chi connectivity index (χ2v) is 4.82. The van der Waals surface area contributed by atoms with Crippen molar-refractivity contribution < 1.29 is 0 Å². The predicted molar refractivity (Wildman–Crippen MR) is 65.0 cm³/mol. The Morgan fingerprint density at radius 3 is 3.00 bits per heavy atom. The van der Waals surface area contributed by atoms with Gasteiger partial charge in [-0.15, -0.1) is 0 Å². The first-order valence-corrected chi connectivity index (χ1v) is 5.98. The van der Waals surface area contributed by atoms with Gasteiger partial charge in [0.1, 0.15) is 0 Å². The van der Waals surface area contributed by atoms with E-state index in [1.807, 2.05) is 12.4 Å². The number of aromatic nitrogens is 2. The molecule has 3 heteroatoms. The van der Waals surface area contributed by atoms with Crippen molar-refractivity contribution in [3.8, 4) is 0 Å². The normalized spacial score (nSPS) is 25.3. The van der Waals surface area contributed by atoms with Crippen molar-refractivity contribution >= 4 is 11.0 Å². The van der Waals surface area contributed by atoms with E-state index in [0.717, 1.165) is 24.4 Å². The molecule has 2 N–H and O–H groups in total. The van der Waals surface area contributed by atoms with E-state index in [2.05, 4.69) is 27.8 Å². The van der Waals surface area contributed by atoms with Crippen LogP contribution in [0.5, 0.6) is 0 Å². The van der Waals surface area contributed by atoms with Gasteiger partial charge in [0, 0.05) is 12.6 Å². The lowest BCUT2D eigenvalue weighted by molar-refractivity contribution is 0.458. The van der Waals surface area contributed by atoms with Crippen LogP contribution in [0, 0.1) is 5.92 Å². The molecule has 1 aliphatic carbocycles. The summed E-state index contributed by atoms with van der Waals surface area (Å²) in [6, 6.07) is 8.72. The number of para-hydroxylation sites is 2. The zero-order valence-electron chi connectivity index (χ0n) is 9.34. The topological polar surface area (TPSA) is 43.8 Å². The minimum atomic E-state index is 0.416. The average Bonchev–Trinajstić information content (AvgIpc) is 2.87. The van der Waals surface area contributed by atoms with E-state index in [1.165, 1.54) is 18.4 Å². The SMILES string of the molecule is N[C@@H]1CC[C@H](Cn2cnc3ccccc32)C1. The van der Waals surface area contributed by atoms with Crippen molar-refractivity contribution in [1.29, 1.82) is 0 Å². The molecule has 2 aromatic rings. The Kier molecular flexibility index (Phi) is 2.40. The van der Waals surface area contributed by atoms with Gasteiger partial charge in [0.15, 0.2) is 0 Å². The molecule has 1 aromatic heterocycles. The van der Waals surface area contributed by atoms with Crippen LogP contribution < -0.4 is 5.73 Å².